The van der Waals surface area contributed by atoms with Crippen LogP contribution in [0.4, 0.5) is 19.0 Å². The molecule has 0 aliphatic carbocycles. The molecule has 46 heavy (non-hydrogen) atoms. The maximum atomic E-state index is 14.4. The first kappa shape index (κ1) is 31.3. The second-order valence-corrected chi connectivity index (χ2v) is 11.4. The van der Waals surface area contributed by atoms with Gasteiger partial charge in [-0.25, -0.2) is 4.68 Å². The van der Waals surface area contributed by atoms with E-state index < -0.39 is 18.3 Å². The van der Waals surface area contributed by atoms with Gasteiger partial charge in [-0.05, 0) is 28.8 Å². The van der Waals surface area contributed by atoms with E-state index >= 15 is 0 Å². The van der Waals surface area contributed by atoms with Crippen LogP contribution in [0.2, 0.25) is 0 Å². The van der Waals surface area contributed by atoms with Crippen LogP contribution in [0, 0.1) is 0 Å². The molecular weight excluding hydrogens is 599 g/mol. The van der Waals surface area contributed by atoms with E-state index in [2.05, 4.69) is 39.6 Å². The molecule has 9 nitrogen and oxygen atoms in total. The zero-order valence-corrected chi connectivity index (χ0v) is 25.8. The molecule has 0 radical (unpaired) electrons. The molecule has 2 aliphatic rings. The minimum absolute atomic E-state index is 0.0111. The molecule has 12 heteroatoms. The Hall–Kier alpha value is -4.71. The van der Waals surface area contributed by atoms with Gasteiger partial charge in [0.2, 0.25) is 5.75 Å². The van der Waals surface area contributed by atoms with Crippen LogP contribution < -0.4 is 19.5 Å². The van der Waals surface area contributed by atoms with Crippen LogP contribution >= 0.6 is 0 Å². The van der Waals surface area contributed by atoms with Gasteiger partial charge in [0, 0.05) is 32.6 Å². The molecule has 1 aromatic heterocycles. The number of piperazine rings is 1. The summed E-state index contributed by atoms with van der Waals surface area (Å²) in [6.07, 6.45) is -3.70. The normalized spacial score (nSPS) is 18.5. The average molecular weight is 636 g/mol. The molecule has 1 saturated heterocycles. The molecule has 0 saturated carbocycles. The minimum atomic E-state index is -4.60. The second kappa shape index (κ2) is 13.0. The Morgan fingerprint density at radius 1 is 0.870 bits per heavy atom. The van der Waals surface area contributed by atoms with Crippen LogP contribution in [0.15, 0.2) is 79.0 Å². The van der Waals surface area contributed by atoms with Crippen molar-refractivity contribution >= 4 is 11.7 Å². The van der Waals surface area contributed by atoms with Crippen molar-refractivity contribution in [3.05, 3.63) is 101 Å². The van der Waals surface area contributed by atoms with Crippen molar-refractivity contribution in [1.29, 1.82) is 0 Å². The van der Waals surface area contributed by atoms with Gasteiger partial charge in [-0.3, -0.25) is 9.69 Å². The van der Waals surface area contributed by atoms with Crippen molar-refractivity contribution in [2.45, 2.75) is 30.7 Å². The number of fused-ring (bicyclic) bond motifs is 1. The summed E-state index contributed by atoms with van der Waals surface area (Å²) in [6.45, 7) is 2.02. The lowest BCUT2D eigenvalue weighted by molar-refractivity contribution is -0.173. The van der Waals surface area contributed by atoms with Crippen LogP contribution in [0.1, 0.15) is 51.6 Å². The molecule has 0 spiro atoms. The highest BCUT2D eigenvalue weighted by molar-refractivity contribution is 5.99. The van der Waals surface area contributed by atoms with E-state index in [4.69, 9.17) is 14.2 Å². The van der Waals surface area contributed by atoms with Crippen LogP contribution in [-0.4, -0.2) is 79.2 Å². The third-order valence-corrected chi connectivity index (χ3v) is 8.76. The molecule has 3 aromatic carbocycles. The lowest BCUT2D eigenvalue weighted by Crippen LogP contribution is -2.50. The van der Waals surface area contributed by atoms with E-state index in [-0.39, 0.29) is 29.8 Å². The highest BCUT2D eigenvalue weighted by atomic mass is 19.4. The van der Waals surface area contributed by atoms with Gasteiger partial charge in [-0.2, -0.15) is 18.3 Å². The zero-order chi connectivity index (χ0) is 32.4. The Bertz CT molecular complexity index is 1590. The third kappa shape index (κ3) is 5.96. The zero-order valence-electron chi connectivity index (χ0n) is 25.8. The lowest BCUT2D eigenvalue weighted by Gasteiger charge is -2.40. The monoisotopic (exact) mass is 635 g/mol. The summed E-state index contributed by atoms with van der Waals surface area (Å²) >= 11 is 0. The van der Waals surface area contributed by atoms with Gasteiger partial charge in [-0.15, -0.1) is 0 Å². The number of rotatable bonds is 8. The molecule has 1 amide bonds. The summed E-state index contributed by atoms with van der Waals surface area (Å²) in [5.74, 6) is 0.639. The number of benzene rings is 3. The number of amides is 1. The predicted molar refractivity (Wildman–Crippen MR) is 167 cm³/mol. The van der Waals surface area contributed by atoms with Crippen molar-refractivity contribution in [2.75, 3.05) is 52.8 Å². The van der Waals surface area contributed by atoms with Crippen LogP contribution in [0.5, 0.6) is 17.2 Å². The van der Waals surface area contributed by atoms with Crippen molar-refractivity contribution < 1.29 is 32.2 Å². The number of nitrogens with one attached hydrogen (secondary N) is 1. The summed E-state index contributed by atoms with van der Waals surface area (Å²) < 4.78 is 60.4. The highest BCUT2D eigenvalue weighted by Crippen LogP contribution is 2.47. The Morgan fingerprint density at radius 3 is 1.93 bits per heavy atom. The number of alkyl halides is 3. The summed E-state index contributed by atoms with van der Waals surface area (Å²) in [7, 11) is 4.35. The minimum Gasteiger partial charge on any atom is -0.493 e. The first-order valence-electron chi connectivity index (χ1n) is 15.1. The Balaban J connectivity index is 1.26. The number of hydrogen-bond acceptors (Lipinski definition) is 7. The smallest absolute Gasteiger partial charge is 0.410 e. The number of hydrogen-bond donors (Lipinski definition) is 1. The molecule has 6 rings (SSSR count). The van der Waals surface area contributed by atoms with E-state index in [0.29, 0.717) is 49.0 Å². The first-order chi connectivity index (χ1) is 22.2. The van der Waals surface area contributed by atoms with Gasteiger partial charge in [0.25, 0.3) is 5.91 Å². The molecule has 242 valence electrons. The van der Waals surface area contributed by atoms with E-state index in [1.54, 1.807) is 17.0 Å². The molecular formula is C34H36F3N5O4. The SMILES string of the molecule is COc1cc([C@@H]2C[C@@H](C(F)(F)F)n3ncc(C(=O)N4CCN(C(c5ccccc5)c5ccccc5)CC4)c3N2)cc(OC)c1OC. The maximum Gasteiger partial charge on any atom is 0.410 e. The summed E-state index contributed by atoms with van der Waals surface area (Å²) in [5.41, 5.74) is 2.90. The Kier molecular flexibility index (Phi) is 8.81. The number of carbonyl (C=O) groups is 1. The fourth-order valence-electron chi connectivity index (χ4n) is 6.48. The molecule has 3 heterocycles. The second-order valence-electron chi connectivity index (χ2n) is 11.4. The maximum absolute atomic E-state index is 14.4. The lowest BCUT2D eigenvalue weighted by atomic mass is 9.95. The Morgan fingerprint density at radius 2 is 1.43 bits per heavy atom. The van der Waals surface area contributed by atoms with Crippen LogP contribution in [-0.2, 0) is 0 Å². The van der Waals surface area contributed by atoms with Gasteiger partial charge in [0.05, 0.1) is 39.6 Å². The molecule has 2 aliphatic heterocycles. The molecule has 2 atom stereocenters. The van der Waals surface area contributed by atoms with E-state index in [1.165, 1.54) is 27.5 Å². The number of anilines is 1. The number of nitrogens with zero attached hydrogens (tertiary/aromatic N) is 4. The molecule has 1 fully saturated rings. The van der Waals surface area contributed by atoms with Gasteiger partial charge in [0.1, 0.15) is 11.4 Å². The molecule has 1 N–H and O–H groups in total. The fraction of sp³-hybridized carbons (Fsp3) is 0.353. The van der Waals surface area contributed by atoms with Gasteiger partial charge in [-0.1, -0.05) is 60.7 Å². The summed E-state index contributed by atoms with van der Waals surface area (Å²) in [6, 6.07) is 20.9. The predicted octanol–water partition coefficient (Wildman–Crippen LogP) is 6.12. The summed E-state index contributed by atoms with van der Waals surface area (Å²) in [5, 5.41) is 7.26. The van der Waals surface area contributed by atoms with E-state index in [0.717, 1.165) is 15.8 Å². The van der Waals surface area contributed by atoms with E-state index in [9.17, 15) is 18.0 Å². The van der Waals surface area contributed by atoms with Crippen molar-refractivity contribution in [3.63, 3.8) is 0 Å². The molecule has 4 aromatic rings. The number of methoxy groups -OCH3 is 3. The van der Waals surface area contributed by atoms with Crippen LogP contribution in [0.25, 0.3) is 0 Å². The molecule has 0 unspecified atom stereocenters. The topological polar surface area (TPSA) is 81.1 Å². The first-order valence-corrected chi connectivity index (χ1v) is 15.1. The number of ether oxygens (including phenoxy) is 3. The Labute approximate surface area is 265 Å². The summed E-state index contributed by atoms with van der Waals surface area (Å²) in [4.78, 5) is 17.9. The van der Waals surface area contributed by atoms with Gasteiger partial charge >= 0.3 is 6.18 Å². The molecule has 0 bridgehead atoms. The van der Waals surface area contributed by atoms with Crippen molar-refractivity contribution in [2.24, 2.45) is 0 Å². The largest absolute Gasteiger partial charge is 0.493 e. The fourth-order valence-corrected chi connectivity index (χ4v) is 6.48. The van der Waals surface area contributed by atoms with Crippen molar-refractivity contribution in [1.82, 2.24) is 19.6 Å². The highest BCUT2D eigenvalue weighted by Gasteiger charge is 2.48. The quantitative estimate of drug-likeness (QED) is 0.250. The van der Waals surface area contributed by atoms with Gasteiger partial charge in [0.15, 0.2) is 17.5 Å². The van der Waals surface area contributed by atoms with Crippen molar-refractivity contribution in [3.8, 4) is 17.2 Å². The third-order valence-electron chi connectivity index (χ3n) is 8.76. The van der Waals surface area contributed by atoms with Crippen LogP contribution in [0.3, 0.4) is 0 Å². The standard InChI is InChI=1S/C34H36F3N5O4/c1-44-27-18-24(19-28(45-2)31(27)46-3)26-20-29(34(35,36)37)42-32(39-26)25(21-38-42)33(43)41-16-14-40(15-17-41)30(22-10-6-4-7-11-22)23-12-8-5-9-13-23/h4-13,18-19,21,26,29-30,39H,14-17,20H2,1-3H3/t26-,29-/m0/s1. The number of halogens is 3. The average Bonchev–Trinajstić information content (AvgIpc) is 3.51. The number of aromatic nitrogens is 2. The van der Waals surface area contributed by atoms with Gasteiger partial charge < -0.3 is 24.4 Å². The van der Waals surface area contributed by atoms with E-state index in [1.807, 2.05) is 36.4 Å². The number of carbonyl (C=O) groups excluding carboxylic acids is 1.